The minimum absolute atomic E-state index is 0.0162. The van der Waals surface area contributed by atoms with Crippen LogP contribution >= 0.6 is 0 Å². The topological polar surface area (TPSA) is 90.0 Å². The molecular weight excluding hydrogens is 538 g/mol. The van der Waals surface area contributed by atoms with Gasteiger partial charge in [-0.1, -0.05) is 61.5 Å². The zero-order valence-corrected chi connectivity index (χ0v) is 25.4. The van der Waals surface area contributed by atoms with Gasteiger partial charge in [0.1, 0.15) is 5.60 Å². The fourth-order valence-corrected chi connectivity index (χ4v) is 5.85. The first-order chi connectivity index (χ1) is 19.4. The Morgan fingerprint density at radius 1 is 0.805 bits per heavy atom. The SMILES string of the molecule is CCc1ccc(CCC(CCCc2ccc(S(=O)(=O)N(C(=O)OC(C)(C)C)c3ccccc3)cc2)C(=O)OC)cc1. The molecule has 0 aliphatic rings. The van der Waals surface area contributed by atoms with E-state index in [4.69, 9.17) is 9.47 Å². The molecule has 7 nitrogen and oxygen atoms in total. The van der Waals surface area contributed by atoms with E-state index in [2.05, 4.69) is 31.2 Å². The molecule has 0 N–H and O–H groups in total. The number of aryl methyl sites for hydroxylation is 3. The molecule has 0 aliphatic heterocycles. The Labute approximate surface area is 244 Å². The molecule has 1 amide bonds. The maximum atomic E-state index is 13.6. The van der Waals surface area contributed by atoms with Crippen LogP contribution in [0.15, 0.2) is 83.8 Å². The Balaban J connectivity index is 1.67. The van der Waals surface area contributed by atoms with Gasteiger partial charge in [0.15, 0.2) is 0 Å². The van der Waals surface area contributed by atoms with E-state index in [0.717, 1.165) is 24.8 Å². The Morgan fingerprint density at radius 3 is 1.93 bits per heavy atom. The van der Waals surface area contributed by atoms with Crippen LogP contribution in [-0.2, 0) is 43.6 Å². The molecule has 0 radical (unpaired) electrons. The van der Waals surface area contributed by atoms with Crippen molar-refractivity contribution in [2.24, 2.45) is 5.92 Å². The van der Waals surface area contributed by atoms with E-state index < -0.39 is 21.7 Å². The monoisotopic (exact) mass is 579 g/mol. The van der Waals surface area contributed by atoms with Crippen LogP contribution in [0.2, 0.25) is 0 Å². The molecule has 41 heavy (non-hydrogen) atoms. The van der Waals surface area contributed by atoms with E-state index in [-0.39, 0.29) is 22.5 Å². The van der Waals surface area contributed by atoms with Crippen molar-refractivity contribution < 1.29 is 27.5 Å². The lowest BCUT2D eigenvalue weighted by molar-refractivity contribution is -0.145. The van der Waals surface area contributed by atoms with Crippen LogP contribution in [0, 0.1) is 5.92 Å². The number of carbonyl (C=O) groups is 2. The van der Waals surface area contributed by atoms with Gasteiger partial charge in [0, 0.05) is 0 Å². The summed E-state index contributed by atoms with van der Waals surface area (Å²) >= 11 is 0. The fourth-order valence-electron chi connectivity index (χ4n) is 4.52. The van der Waals surface area contributed by atoms with Gasteiger partial charge in [-0.15, -0.1) is 0 Å². The molecular formula is C33H41NO6S. The van der Waals surface area contributed by atoms with Crippen LogP contribution < -0.4 is 4.31 Å². The van der Waals surface area contributed by atoms with E-state index in [0.29, 0.717) is 23.6 Å². The van der Waals surface area contributed by atoms with Crippen molar-refractivity contribution in [3.05, 3.63) is 95.6 Å². The number of ether oxygens (including phenoxy) is 2. The molecule has 220 valence electrons. The quantitative estimate of drug-likeness (QED) is 0.212. The first kappa shape index (κ1) is 31.9. The number of benzene rings is 3. The number of amides is 1. The third-order valence-corrected chi connectivity index (χ3v) is 8.49. The number of sulfonamides is 1. The van der Waals surface area contributed by atoms with Crippen molar-refractivity contribution in [2.45, 2.75) is 76.7 Å². The number of esters is 1. The Kier molecular flexibility index (Phi) is 11.1. The number of nitrogens with zero attached hydrogens (tertiary/aromatic N) is 1. The van der Waals surface area contributed by atoms with Gasteiger partial charge in [-0.2, -0.15) is 4.31 Å². The molecule has 0 bridgehead atoms. The predicted molar refractivity (Wildman–Crippen MR) is 161 cm³/mol. The summed E-state index contributed by atoms with van der Waals surface area (Å²) in [6.07, 6.45) is 3.61. The molecule has 0 saturated carbocycles. The number of anilines is 1. The van der Waals surface area contributed by atoms with Gasteiger partial charge in [-0.25, -0.2) is 13.2 Å². The minimum atomic E-state index is -4.23. The molecule has 0 aliphatic carbocycles. The third-order valence-electron chi connectivity index (χ3n) is 6.78. The molecule has 1 unspecified atom stereocenters. The molecule has 0 aromatic heterocycles. The highest BCUT2D eigenvalue weighted by Crippen LogP contribution is 2.27. The standard InChI is InChI=1S/C33H41NO6S/c1-6-25-15-17-27(18-16-25)19-22-28(31(35)39-5)12-10-11-26-20-23-30(24-21-26)41(37,38)34(29-13-8-7-9-14-29)32(36)40-33(2,3)4/h7-9,13-18,20-21,23-24,28H,6,10-12,19,22H2,1-5H3. The van der Waals surface area contributed by atoms with Gasteiger partial charge >= 0.3 is 12.1 Å². The summed E-state index contributed by atoms with van der Waals surface area (Å²) in [5, 5.41) is 0. The molecule has 8 heteroatoms. The lowest BCUT2D eigenvalue weighted by Gasteiger charge is -2.27. The van der Waals surface area contributed by atoms with Crippen molar-refractivity contribution in [1.82, 2.24) is 0 Å². The fraction of sp³-hybridized carbons (Fsp3) is 0.394. The highest BCUT2D eigenvalue weighted by atomic mass is 32.2. The van der Waals surface area contributed by atoms with Crippen LogP contribution in [0.3, 0.4) is 0 Å². The van der Waals surface area contributed by atoms with Gasteiger partial charge in [-0.05, 0) is 100 Å². The zero-order valence-electron chi connectivity index (χ0n) is 24.6. The van der Waals surface area contributed by atoms with Gasteiger partial charge in [0.2, 0.25) is 0 Å². The smallest absolute Gasteiger partial charge is 0.429 e. The first-order valence-electron chi connectivity index (χ1n) is 14.0. The lowest BCUT2D eigenvalue weighted by Crippen LogP contribution is -2.41. The summed E-state index contributed by atoms with van der Waals surface area (Å²) in [5.74, 6) is -0.418. The van der Waals surface area contributed by atoms with Crippen LogP contribution in [0.25, 0.3) is 0 Å². The first-order valence-corrected chi connectivity index (χ1v) is 15.5. The second-order valence-electron chi connectivity index (χ2n) is 11.1. The summed E-state index contributed by atoms with van der Waals surface area (Å²) in [6, 6.07) is 23.1. The van der Waals surface area contributed by atoms with E-state index in [1.807, 2.05) is 0 Å². The predicted octanol–water partition coefficient (Wildman–Crippen LogP) is 7.12. The summed E-state index contributed by atoms with van der Waals surface area (Å²) in [6.45, 7) is 7.18. The zero-order chi connectivity index (χ0) is 30.0. The van der Waals surface area contributed by atoms with E-state index in [1.54, 1.807) is 63.2 Å². The van der Waals surface area contributed by atoms with Gasteiger partial charge < -0.3 is 9.47 Å². The third kappa shape index (κ3) is 9.18. The average molecular weight is 580 g/mol. The van der Waals surface area contributed by atoms with Crippen molar-refractivity contribution in [3.8, 4) is 0 Å². The molecule has 3 rings (SSSR count). The van der Waals surface area contributed by atoms with Crippen molar-refractivity contribution >= 4 is 27.8 Å². The van der Waals surface area contributed by atoms with Gasteiger partial charge in [0.05, 0.1) is 23.6 Å². The number of hydrogen-bond acceptors (Lipinski definition) is 6. The van der Waals surface area contributed by atoms with Crippen molar-refractivity contribution in [2.75, 3.05) is 11.4 Å². The molecule has 0 spiro atoms. The summed E-state index contributed by atoms with van der Waals surface area (Å²) in [7, 11) is -2.81. The number of carbonyl (C=O) groups excluding carboxylic acids is 2. The Bertz CT molecular complexity index is 1380. The molecule has 0 fully saturated rings. The average Bonchev–Trinajstić information content (AvgIpc) is 2.94. The van der Waals surface area contributed by atoms with E-state index in [9.17, 15) is 18.0 Å². The Morgan fingerprint density at radius 2 is 1.37 bits per heavy atom. The number of para-hydroxylation sites is 1. The summed E-state index contributed by atoms with van der Waals surface area (Å²) < 4.78 is 38.3. The lowest BCUT2D eigenvalue weighted by atomic mass is 9.93. The maximum Gasteiger partial charge on any atom is 0.429 e. The number of methoxy groups -OCH3 is 1. The molecule has 0 saturated heterocycles. The van der Waals surface area contributed by atoms with Gasteiger partial charge in [-0.3, -0.25) is 4.79 Å². The van der Waals surface area contributed by atoms with Crippen LogP contribution in [0.5, 0.6) is 0 Å². The van der Waals surface area contributed by atoms with E-state index >= 15 is 0 Å². The normalized spacial score (nSPS) is 12.4. The number of hydrogen-bond donors (Lipinski definition) is 0. The largest absolute Gasteiger partial charge is 0.469 e. The second-order valence-corrected chi connectivity index (χ2v) is 12.8. The van der Waals surface area contributed by atoms with E-state index in [1.165, 1.54) is 30.4 Å². The highest BCUT2D eigenvalue weighted by molar-refractivity contribution is 7.93. The second kappa shape index (κ2) is 14.3. The minimum Gasteiger partial charge on any atom is -0.469 e. The number of rotatable bonds is 12. The van der Waals surface area contributed by atoms with Crippen molar-refractivity contribution in [1.29, 1.82) is 0 Å². The summed E-state index contributed by atoms with van der Waals surface area (Å²) in [5.41, 5.74) is 2.75. The molecule has 3 aromatic carbocycles. The van der Waals surface area contributed by atoms with Crippen LogP contribution in [0.1, 0.15) is 63.6 Å². The van der Waals surface area contributed by atoms with Gasteiger partial charge in [0.25, 0.3) is 10.0 Å². The maximum absolute atomic E-state index is 13.6. The molecule has 3 aromatic rings. The summed E-state index contributed by atoms with van der Waals surface area (Å²) in [4.78, 5) is 25.4. The molecule has 0 heterocycles. The van der Waals surface area contributed by atoms with Crippen molar-refractivity contribution in [3.63, 3.8) is 0 Å². The molecule has 1 atom stereocenters. The Hall–Kier alpha value is -3.65. The highest BCUT2D eigenvalue weighted by Gasteiger charge is 2.34. The van der Waals surface area contributed by atoms with Crippen LogP contribution in [0.4, 0.5) is 10.5 Å². The van der Waals surface area contributed by atoms with Crippen LogP contribution in [-0.4, -0.2) is 33.2 Å².